The number of likely N-dealkylation sites (N-methyl/N-ethyl adjacent to an activating group) is 1. The Morgan fingerprint density at radius 3 is 2.94 bits per heavy atom. The molecule has 1 aliphatic heterocycles. The van der Waals surface area contributed by atoms with Crippen LogP contribution in [0.1, 0.15) is 5.56 Å². The second-order valence-corrected chi connectivity index (χ2v) is 6.45. The van der Waals surface area contributed by atoms with Gasteiger partial charge in [0.05, 0.1) is 7.11 Å². The Labute approximate surface area is 106 Å². The van der Waals surface area contributed by atoms with Gasteiger partial charge in [0.15, 0.2) is 0 Å². The van der Waals surface area contributed by atoms with E-state index >= 15 is 0 Å². The molecule has 2 rings (SSSR count). The highest BCUT2D eigenvalue weighted by atomic mass is 31.2. The van der Waals surface area contributed by atoms with Crippen molar-refractivity contribution in [1.82, 2.24) is 9.76 Å². The van der Waals surface area contributed by atoms with Crippen LogP contribution in [0.5, 0.6) is 0 Å². The molecule has 1 heterocycles. The second kappa shape index (κ2) is 5.10. The summed E-state index contributed by atoms with van der Waals surface area (Å²) in [5.74, 6) is -0.421. The topological polar surface area (TPSA) is 70.7 Å². The fraction of sp³-hybridized carbons (Fsp3) is 0.364. The van der Waals surface area contributed by atoms with Gasteiger partial charge in [0.25, 0.3) is 0 Å². The van der Waals surface area contributed by atoms with E-state index in [4.69, 9.17) is 0 Å². The predicted molar refractivity (Wildman–Crippen MR) is 69.2 cm³/mol. The summed E-state index contributed by atoms with van der Waals surface area (Å²) >= 11 is 0. The van der Waals surface area contributed by atoms with Gasteiger partial charge >= 0.3 is 13.6 Å². The van der Waals surface area contributed by atoms with Crippen molar-refractivity contribution >= 4 is 19.3 Å². The number of carbonyl (C=O) groups is 1. The molecule has 98 valence electrons. The van der Waals surface area contributed by atoms with E-state index in [1.54, 1.807) is 7.05 Å². The maximum Gasteiger partial charge on any atom is 0.320 e. The van der Waals surface area contributed by atoms with Crippen molar-refractivity contribution in [2.24, 2.45) is 0 Å². The number of para-hydroxylation sites is 1. The van der Waals surface area contributed by atoms with Crippen LogP contribution < -0.4 is 10.2 Å². The third-order valence-electron chi connectivity index (χ3n) is 2.84. The average Bonchev–Trinajstić information content (AvgIpc) is 2.38. The SMILES string of the molecule is COC(=O)CN(C)[P@@]1(=O)NCc2ccccc2N1. The van der Waals surface area contributed by atoms with Gasteiger partial charge in [-0.25, -0.2) is 9.76 Å². The number of fused-ring (bicyclic) bond motifs is 1. The highest BCUT2D eigenvalue weighted by Gasteiger charge is 2.32. The molecule has 0 unspecified atom stereocenters. The molecule has 0 saturated carbocycles. The first kappa shape index (κ1) is 13.1. The van der Waals surface area contributed by atoms with Crippen LogP contribution in [-0.4, -0.2) is 31.3 Å². The van der Waals surface area contributed by atoms with E-state index in [2.05, 4.69) is 14.9 Å². The van der Waals surface area contributed by atoms with Crippen molar-refractivity contribution in [2.45, 2.75) is 6.54 Å². The molecule has 18 heavy (non-hydrogen) atoms. The number of ether oxygens (including phenoxy) is 1. The standard InChI is InChI=1S/C11H16N3O3P/c1-14(8-11(15)17-2)18(16)12-7-9-5-3-4-6-10(9)13-18/h3-6H,7-8H2,1-2H3,(H2,12,13,16)/t18-/m1/s1. The van der Waals surface area contributed by atoms with Crippen LogP contribution in [0.15, 0.2) is 24.3 Å². The van der Waals surface area contributed by atoms with Crippen LogP contribution in [0.25, 0.3) is 0 Å². The molecule has 0 spiro atoms. The Kier molecular flexibility index (Phi) is 3.71. The summed E-state index contributed by atoms with van der Waals surface area (Å²) in [6.45, 7) is 0.474. The van der Waals surface area contributed by atoms with Crippen LogP contribution in [0.4, 0.5) is 5.69 Å². The van der Waals surface area contributed by atoms with E-state index in [0.29, 0.717) is 6.54 Å². The highest BCUT2D eigenvalue weighted by Crippen LogP contribution is 2.47. The maximum absolute atomic E-state index is 12.6. The van der Waals surface area contributed by atoms with Crippen molar-refractivity contribution in [3.05, 3.63) is 29.8 Å². The lowest BCUT2D eigenvalue weighted by molar-refractivity contribution is -0.140. The summed E-state index contributed by atoms with van der Waals surface area (Å²) in [6, 6.07) is 7.63. The molecule has 0 fully saturated rings. The van der Waals surface area contributed by atoms with E-state index in [1.807, 2.05) is 24.3 Å². The number of methoxy groups -OCH3 is 1. The molecule has 0 aromatic heterocycles. The molecule has 0 saturated heterocycles. The molecule has 1 atom stereocenters. The van der Waals surface area contributed by atoms with Gasteiger partial charge in [-0.15, -0.1) is 0 Å². The number of nitrogens with zero attached hydrogens (tertiary/aromatic N) is 1. The first-order valence-electron chi connectivity index (χ1n) is 5.55. The lowest BCUT2D eigenvalue weighted by atomic mass is 10.2. The van der Waals surface area contributed by atoms with Crippen molar-refractivity contribution in [3.8, 4) is 0 Å². The molecule has 0 radical (unpaired) electrons. The van der Waals surface area contributed by atoms with Crippen LogP contribution in [-0.2, 0) is 20.6 Å². The third kappa shape index (κ3) is 2.56. The third-order valence-corrected chi connectivity index (χ3v) is 5.07. The number of rotatable bonds is 3. The zero-order chi connectivity index (χ0) is 13.2. The Hall–Kier alpha value is -1.36. The zero-order valence-corrected chi connectivity index (χ0v) is 11.2. The quantitative estimate of drug-likeness (QED) is 0.638. The first-order valence-corrected chi connectivity index (χ1v) is 7.21. The molecule has 1 aromatic rings. The average molecular weight is 269 g/mol. The summed E-state index contributed by atoms with van der Waals surface area (Å²) < 4.78 is 18.7. The van der Waals surface area contributed by atoms with Gasteiger partial charge in [-0.1, -0.05) is 18.2 Å². The second-order valence-electron chi connectivity index (χ2n) is 4.07. The Morgan fingerprint density at radius 2 is 2.22 bits per heavy atom. The lowest BCUT2D eigenvalue weighted by Crippen LogP contribution is -2.35. The van der Waals surface area contributed by atoms with Gasteiger partial charge in [-0.2, -0.15) is 0 Å². The molecule has 1 aromatic carbocycles. The summed E-state index contributed by atoms with van der Waals surface area (Å²) in [6.07, 6.45) is 0. The lowest BCUT2D eigenvalue weighted by Gasteiger charge is -2.33. The van der Waals surface area contributed by atoms with Crippen molar-refractivity contribution in [2.75, 3.05) is 25.8 Å². The van der Waals surface area contributed by atoms with Crippen molar-refractivity contribution in [1.29, 1.82) is 0 Å². The van der Waals surface area contributed by atoms with E-state index in [-0.39, 0.29) is 6.54 Å². The highest BCUT2D eigenvalue weighted by molar-refractivity contribution is 7.61. The van der Waals surface area contributed by atoms with Crippen LogP contribution in [0, 0.1) is 0 Å². The fourth-order valence-electron chi connectivity index (χ4n) is 1.74. The number of carbonyl (C=O) groups excluding carboxylic acids is 1. The molecular weight excluding hydrogens is 253 g/mol. The molecule has 6 nitrogen and oxygen atoms in total. The Bertz CT molecular complexity index is 506. The van der Waals surface area contributed by atoms with Gasteiger partial charge in [-0.3, -0.25) is 9.36 Å². The molecule has 2 N–H and O–H groups in total. The van der Waals surface area contributed by atoms with E-state index in [1.165, 1.54) is 11.8 Å². The van der Waals surface area contributed by atoms with Crippen molar-refractivity contribution < 1.29 is 14.1 Å². The Morgan fingerprint density at radius 1 is 1.50 bits per heavy atom. The molecular formula is C11H16N3O3P. The normalized spacial score (nSPS) is 22.2. The largest absolute Gasteiger partial charge is 0.468 e. The fourth-order valence-corrected chi connectivity index (χ4v) is 3.47. The smallest absolute Gasteiger partial charge is 0.320 e. The number of benzene rings is 1. The summed E-state index contributed by atoms with van der Waals surface area (Å²) in [5.41, 5.74) is 1.88. The van der Waals surface area contributed by atoms with Crippen LogP contribution >= 0.6 is 7.59 Å². The zero-order valence-electron chi connectivity index (χ0n) is 10.3. The van der Waals surface area contributed by atoms with Gasteiger partial charge in [-0.05, 0) is 18.7 Å². The van der Waals surface area contributed by atoms with E-state index in [0.717, 1.165) is 11.3 Å². The van der Waals surface area contributed by atoms with Gasteiger partial charge in [0.1, 0.15) is 6.54 Å². The number of esters is 1. The predicted octanol–water partition coefficient (Wildman–Crippen LogP) is 1.41. The number of hydrogen-bond donors (Lipinski definition) is 2. The van der Waals surface area contributed by atoms with Crippen LogP contribution in [0.2, 0.25) is 0 Å². The van der Waals surface area contributed by atoms with E-state index < -0.39 is 13.6 Å². The number of nitrogens with one attached hydrogen (secondary N) is 2. The monoisotopic (exact) mass is 269 g/mol. The first-order chi connectivity index (χ1) is 8.55. The maximum atomic E-state index is 12.6. The molecule has 0 bridgehead atoms. The molecule has 0 aliphatic carbocycles. The Balaban J connectivity index is 2.15. The summed E-state index contributed by atoms with van der Waals surface area (Å²) in [5, 5.41) is 5.91. The van der Waals surface area contributed by atoms with Gasteiger partial charge in [0.2, 0.25) is 0 Å². The van der Waals surface area contributed by atoms with Gasteiger partial charge < -0.3 is 9.82 Å². The number of anilines is 1. The minimum absolute atomic E-state index is 0.0318. The van der Waals surface area contributed by atoms with Gasteiger partial charge in [0, 0.05) is 12.2 Å². The molecule has 1 aliphatic rings. The number of hydrogen-bond acceptors (Lipinski definition) is 3. The van der Waals surface area contributed by atoms with Crippen molar-refractivity contribution in [3.63, 3.8) is 0 Å². The minimum Gasteiger partial charge on any atom is -0.468 e. The minimum atomic E-state index is -2.97. The molecule has 7 heteroatoms. The summed E-state index contributed by atoms with van der Waals surface area (Å²) in [4.78, 5) is 11.2. The van der Waals surface area contributed by atoms with E-state index in [9.17, 15) is 9.36 Å². The molecule has 0 amide bonds. The van der Waals surface area contributed by atoms with Crippen LogP contribution in [0.3, 0.4) is 0 Å². The summed E-state index contributed by atoms with van der Waals surface area (Å²) in [7, 11) is -0.0460.